The lowest BCUT2D eigenvalue weighted by atomic mass is 10.3. The van der Waals surface area contributed by atoms with Crippen LogP contribution < -0.4 is 5.32 Å². The number of aromatic nitrogens is 2. The van der Waals surface area contributed by atoms with Crippen molar-refractivity contribution in [2.75, 3.05) is 18.1 Å². The number of hydrogen-bond acceptors (Lipinski definition) is 4. The lowest BCUT2D eigenvalue weighted by molar-refractivity contribution is 0.748. The summed E-state index contributed by atoms with van der Waals surface area (Å²) in [6.45, 7) is 8.43. The first-order valence-electron chi connectivity index (χ1n) is 5.20. The Labute approximate surface area is 96.1 Å². The summed E-state index contributed by atoms with van der Waals surface area (Å²) in [5.41, 5.74) is 1.15. The van der Waals surface area contributed by atoms with Gasteiger partial charge in [0.1, 0.15) is 16.7 Å². The van der Waals surface area contributed by atoms with Gasteiger partial charge in [-0.05, 0) is 19.8 Å². The summed E-state index contributed by atoms with van der Waals surface area (Å²) in [6, 6.07) is 0. The lowest BCUT2D eigenvalue weighted by Gasteiger charge is -2.11. The summed E-state index contributed by atoms with van der Waals surface area (Å²) in [4.78, 5) is 8.81. The summed E-state index contributed by atoms with van der Waals surface area (Å²) in [6.07, 6.45) is 0. The van der Waals surface area contributed by atoms with E-state index in [2.05, 4.69) is 36.1 Å². The van der Waals surface area contributed by atoms with E-state index in [0.29, 0.717) is 5.92 Å². The molecule has 1 rings (SSSR count). The minimum absolute atomic E-state index is 0.683. The van der Waals surface area contributed by atoms with Crippen LogP contribution in [0.4, 0.5) is 5.82 Å². The Hall–Kier alpha value is -0.770. The number of aryl methyl sites for hydroxylation is 1. The molecule has 0 radical (unpaired) electrons. The predicted molar refractivity (Wildman–Crippen MR) is 66.6 cm³/mol. The van der Waals surface area contributed by atoms with Gasteiger partial charge >= 0.3 is 0 Å². The molecule has 1 aromatic rings. The van der Waals surface area contributed by atoms with Gasteiger partial charge in [0.15, 0.2) is 0 Å². The maximum atomic E-state index is 4.47. The molecule has 3 nitrogen and oxygen atoms in total. The highest BCUT2D eigenvalue weighted by molar-refractivity contribution is 7.99. The van der Waals surface area contributed by atoms with Crippen molar-refractivity contribution in [2.24, 2.45) is 5.92 Å². The summed E-state index contributed by atoms with van der Waals surface area (Å²) < 4.78 is 0. The highest BCUT2D eigenvalue weighted by atomic mass is 32.2. The molecule has 0 aliphatic heterocycles. The molecule has 0 bridgehead atoms. The molecule has 0 aliphatic rings. The summed E-state index contributed by atoms with van der Waals surface area (Å²) in [5.74, 6) is 3.55. The first-order chi connectivity index (χ1) is 7.04. The van der Waals surface area contributed by atoms with Gasteiger partial charge in [-0.2, -0.15) is 0 Å². The van der Waals surface area contributed by atoms with E-state index in [0.717, 1.165) is 28.0 Å². The fourth-order valence-electron chi connectivity index (χ4n) is 1.23. The van der Waals surface area contributed by atoms with Gasteiger partial charge in [-0.15, -0.1) is 11.8 Å². The fourth-order valence-corrected chi connectivity index (χ4v) is 2.23. The Morgan fingerprint density at radius 2 is 1.93 bits per heavy atom. The molecule has 0 fully saturated rings. The second kappa shape index (κ2) is 5.35. The highest BCUT2D eigenvalue weighted by Crippen LogP contribution is 2.26. The average Bonchev–Trinajstić information content (AvgIpc) is 2.18. The third kappa shape index (κ3) is 3.38. The van der Waals surface area contributed by atoms with Crippen molar-refractivity contribution in [3.8, 4) is 0 Å². The van der Waals surface area contributed by atoms with Crippen LogP contribution >= 0.6 is 11.8 Å². The largest absolute Gasteiger partial charge is 0.373 e. The quantitative estimate of drug-likeness (QED) is 0.631. The first-order valence-corrected chi connectivity index (χ1v) is 6.19. The molecule has 1 heterocycles. The maximum Gasteiger partial charge on any atom is 0.133 e. The van der Waals surface area contributed by atoms with Gasteiger partial charge in [-0.1, -0.05) is 13.8 Å². The standard InChI is InChI=1S/C11H19N3S/c1-7(2)6-15-11-8(3)10(12-5)13-9(4)14-11/h7H,6H2,1-5H3,(H,12,13,14). The Morgan fingerprint density at radius 3 is 2.47 bits per heavy atom. The van der Waals surface area contributed by atoms with Gasteiger partial charge in [0.05, 0.1) is 0 Å². The van der Waals surface area contributed by atoms with Gasteiger partial charge < -0.3 is 5.32 Å². The van der Waals surface area contributed by atoms with E-state index < -0.39 is 0 Å². The molecule has 15 heavy (non-hydrogen) atoms. The van der Waals surface area contributed by atoms with Gasteiger partial charge in [0, 0.05) is 18.4 Å². The molecular formula is C11H19N3S. The predicted octanol–water partition coefficient (Wildman–Crippen LogP) is 2.88. The van der Waals surface area contributed by atoms with Crippen LogP contribution in [0.2, 0.25) is 0 Å². The Kier molecular flexibility index (Phi) is 4.39. The number of thioether (sulfide) groups is 1. The number of nitrogens with one attached hydrogen (secondary N) is 1. The molecule has 0 saturated carbocycles. The van der Waals surface area contributed by atoms with Crippen LogP contribution in [0, 0.1) is 19.8 Å². The number of anilines is 1. The molecule has 0 unspecified atom stereocenters. The number of hydrogen-bond donors (Lipinski definition) is 1. The minimum Gasteiger partial charge on any atom is -0.373 e. The molecule has 0 aliphatic carbocycles. The summed E-state index contributed by atoms with van der Waals surface area (Å²) in [7, 11) is 1.89. The second-order valence-corrected chi connectivity index (χ2v) is 5.01. The lowest BCUT2D eigenvalue weighted by Crippen LogP contribution is -2.03. The normalized spacial score (nSPS) is 10.8. The third-order valence-electron chi connectivity index (χ3n) is 2.00. The van der Waals surface area contributed by atoms with E-state index in [1.807, 2.05) is 25.7 Å². The van der Waals surface area contributed by atoms with Crippen molar-refractivity contribution < 1.29 is 0 Å². The minimum atomic E-state index is 0.683. The molecule has 0 atom stereocenters. The van der Waals surface area contributed by atoms with Crippen molar-refractivity contribution in [1.29, 1.82) is 0 Å². The van der Waals surface area contributed by atoms with Gasteiger partial charge in [0.25, 0.3) is 0 Å². The van der Waals surface area contributed by atoms with E-state index in [1.165, 1.54) is 0 Å². The molecule has 0 spiro atoms. The van der Waals surface area contributed by atoms with Gasteiger partial charge in [-0.3, -0.25) is 0 Å². The van der Waals surface area contributed by atoms with Crippen molar-refractivity contribution in [3.05, 3.63) is 11.4 Å². The molecule has 0 amide bonds. The van der Waals surface area contributed by atoms with Crippen LogP contribution in [0.25, 0.3) is 0 Å². The maximum absolute atomic E-state index is 4.47. The molecule has 1 aromatic heterocycles. The number of nitrogens with zero attached hydrogens (tertiary/aromatic N) is 2. The summed E-state index contributed by atoms with van der Waals surface area (Å²) in [5, 5.41) is 4.20. The van der Waals surface area contributed by atoms with Crippen molar-refractivity contribution >= 4 is 17.6 Å². The molecule has 0 saturated heterocycles. The highest BCUT2D eigenvalue weighted by Gasteiger charge is 2.08. The van der Waals surface area contributed by atoms with Crippen LogP contribution in [0.1, 0.15) is 25.2 Å². The van der Waals surface area contributed by atoms with Gasteiger partial charge in [0.2, 0.25) is 0 Å². The Bertz CT molecular complexity index is 337. The topological polar surface area (TPSA) is 37.8 Å². The monoisotopic (exact) mass is 225 g/mol. The first kappa shape index (κ1) is 12.3. The third-order valence-corrected chi connectivity index (χ3v) is 3.51. The van der Waals surface area contributed by atoms with E-state index in [4.69, 9.17) is 0 Å². The van der Waals surface area contributed by atoms with Crippen LogP contribution in [-0.2, 0) is 0 Å². The zero-order valence-electron chi connectivity index (χ0n) is 10.1. The zero-order chi connectivity index (χ0) is 11.4. The van der Waals surface area contributed by atoms with E-state index in [-0.39, 0.29) is 0 Å². The molecule has 84 valence electrons. The van der Waals surface area contributed by atoms with E-state index >= 15 is 0 Å². The van der Waals surface area contributed by atoms with E-state index in [9.17, 15) is 0 Å². The van der Waals surface area contributed by atoms with Crippen LogP contribution in [0.3, 0.4) is 0 Å². The molecular weight excluding hydrogens is 206 g/mol. The smallest absolute Gasteiger partial charge is 0.133 e. The number of rotatable bonds is 4. The fraction of sp³-hybridized carbons (Fsp3) is 0.636. The zero-order valence-corrected chi connectivity index (χ0v) is 10.9. The Morgan fingerprint density at radius 1 is 1.27 bits per heavy atom. The molecule has 4 heteroatoms. The van der Waals surface area contributed by atoms with Crippen molar-refractivity contribution in [2.45, 2.75) is 32.7 Å². The molecule has 1 N–H and O–H groups in total. The SMILES string of the molecule is CNc1nc(C)nc(SCC(C)C)c1C. The summed E-state index contributed by atoms with van der Waals surface area (Å²) >= 11 is 1.81. The van der Waals surface area contributed by atoms with Crippen LogP contribution in [-0.4, -0.2) is 22.8 Å². The Balaban J connectivity index is 2.91. The van der Waals surface area contributed by atoms with Crippen LogP contribution in [0.5, 0.6) is 0 Å². The average molecular weight is 225 g/mol. The second-order valence-electron chi connectivity index (χ2n) is 4.00. The van der Waals surface area contributed by atoms with Gasteiger partial charge in [-0.25, -0.2) is 9.97 Å². The van der Waals surface area contributed by atoms with Crippen molar-refractivity contribution in [3.63, 3.8) is 0 Å². The van der Waals surface area contributed by atoms with E-state index in [1.54, 1.807) is 0 Å². The molecule has 0 aromatic carbocycles. The van der Waals surface area contributed by atoms with Crippen molar-refractivity contribution in [1.82, 2.24) is 9.97 Å². The van der Waals surface area contributed by atoms with Crippen LogP contribution in [0.15, 0.2) is 5.03 Å².